The topological polar surface area (TPSA) is 66.8 Å². The lowest BCUT2D eigenvalue weighted by Crippen LogP contribution is -2.27. The van der Waals surface area contributed by atoms with Gasteiger partial charge in [-0.25, -0.2) is 4.79 Å². The first kappa shape index (κ1) is 14.6. The van der Waals surface area contributed by atoms with E-state index in [0.29, 0.717) is 0 Å². The first-order chi connectivity index (χ1) is 8.32. The summed E-state index contributed by atoms with van der Waals surface area (Å²) < 4.78 is 5.14. The van der Waals surface area contributed by atoms with Gasteiger partial charge in [0.25, 0.3) is 5.91 Å². The number of ether oxygens (including phenoxy) is 1. The summed E-state index contributed by atoms with van der Waals surface area (Å²) in [6.07, 6.45) is 0. The third-order valence-electron chi connectivity index (χ3n) is 2.08. The van der Waals surface area contributed by atoms with Gasteiger partial charge >= 0.3 is 5.97 Å². The minimum absolute atomic E-state index is 0.0476. The van der Waals surface area contributed by atoms with Gasteiger partial charge in [0.2, 0.25) is 0 Å². The largest absolute Gasteiger partial charge is 0.481 e. The van der Waals surface area contributed by atoms with Crippen molar-refractivity contribution in [1.29, 1.82) is 0 Å². The molecule has 0 bridgehead atoms. The molecule has 5 nitrogen and oxygen atoms in total. The number of likely N-dealkylation sites (N-methyl/N-ethyl adjacent to an activating group) is 1. The van der Waals surface area contributed by atoms with Gasteiger partial charge in [-0.15, -0.1) is 0 Å². The van der Waals surface area contributed by atoms with E-state index in [2.05, 4.69) is 0 Å². The van der Waals surface area contributed by atoms with E-state index in [1.165, 1.54) is 17.0 Å². The molecule has 1 rings (SSSR count). The Morgan fingerprint density at radius 2 is 1.94 bits per heavy atom. The molecule has 0 radical (unpaired) electrons. The van der Waals surface area contributed by atoms with Gasteiger partial charge in [-0.05, 0) is 12.1 Å². The van der Waals surface area contributed by atoms with E-state index in [1.54, 1.807) is 14.1 Å². The van der Waals surface area contributed by atoms with Crippen molar-refractivity contribution >= 4 is 35.1 Å². The zero-order valence-corrected chi connectivity index (χ0v) is 11.2. The average Bonchev–Trinajstić information content (AvgIpc) is 2.26. The van der Waals surface area contributed by atoms with Crippen LogP contribution in [0.1, 0.15) is 10.4 Å². The summed E-state index contributed by atoms with van der Waals surface area (Å²) >= 11 is 11.5. The summed E-state index contributed by atoms with van der Waals surface area (Å²) in [5.41, 5.74) is -0.181. The van der Waals surface area contributed by atoms with Crippen LogP contribution in [0.4, 0.5) is 0 Å². The number of carbonyl (C=O) groups is 2. The predicted molar refractivity (Wildman–Crippen MR) is 67.6 cm³/mol. The second-order valence-electron chi connectivity index (χ2n) is 3.65. The van der Waals surface area contributed by atoms with Crippen LogP contribution in [0.25, 0.3) is 0 Å². The first-order valence-corrected chi connectivity index (χ1v) is 5.63. The van der Waals surface area contributed by atoms with Crippen LogP contribution in [-0.4, -0.2) is 42.6 Å². The zero-order chi connectivity index (χ0) is 13.9. The molecule has 0 aromatic heterocycles. The average molecular weight is 292 g/mol. The molecule has 0 unspecified atom stereocenters. The standard InChI is InChI=1S/C11H11Cl2NO4/c1-14(2)9(15)5-18-10-7(11(16)17)3-6(12)4-8(10)13/h3-4H,5H2,1-2H3,(H,16,17). The molecule has 1 N–H and O–H groups in total. The molecule has 0 aliphatic heterocycles. The Kier molecular flexibility index (Phi) is 4.81. The monoisotopic (exact) mass is 291 g/mol. The molecule has 0 saturated carbocycles. The quantitative estimate of drug-likeness (QED) is 0.923. The summed E-state index contributed by atoms with van der Waals surface area (Å²) in [7, 11) is 3.13. The van der Waals surface area contributed by atoms with Crippen molar-refractivity contribution in [1.82, 2.24) is 4.90 Å². The Labute approximate surface area is 114 Å². The SMILES string of the molecule is CN(C)C(=O)COc1c(Cl)cc(Cl)cc1C(=O)O. The van der Waals surface area contributed by atoms with Crippen LogP contribution in [0.2, 0.25) is 10.0 Å². The molecule has 7 heteroatoms. The smallest absolute Gasteiger partial charge is 0.339 e. The third kappa shape index (κ3) is 3.51. The summed E-state index contributed by atoms with van der Waals surface area (Å²) in [6.45, 7) is -0.297. The second kappa shape index (κ2) is 5.93. The van der Waals surface area contributed by atoms with Crippen LogP contribution < -0.4 is 4.74 Å². The fraction of sp³-hybridized carbons (Fsp3) is 0.273. The minimum atomic E-state index is -1.23. The third-order valence-corrected chi connectivity index (χ3v) is 2.58. The number of hydrogen-bond donors (Lipinski definition) is 1. The molecule has 0 heterocycles. The Morgan fingerprint density at radius 3 is 2.44 bits per heavy atom. The van der Waals surface area contributed by atoms with E-state index >= 15 is 0 Å². The molecule has 0 saturated heterocycles. The number of rotatable bonds is 4. The Bertz CT molecular complexity index is 488. The van der Waals surface area contributed by atoms with Gasteiger partial charge < -0.3 is 14.7 Å². The molecule has 18 heavy (non-hydrogen) atoms. The fourth-order valence-electron chi connectivity index (χ4n) is 1.13. The lowest BCUT2D eigenvalue weighted by molar-refractivity contribution is -0.130. The van der Waals surface area contributed by atoms with E-state index in [0.717, 1.165) is 0 Å². The normalized spacial score (nSPS) is 10.0. The van der Waals surface area contributed by atoms with E-state index in [-0.39, 0.29) is 33.9 Å². The summed E-state index contributed by atoms with van der Waals surface area (Å²) in [6, 6.07) is 2.57. The highest BCUT2D eigenvalue weighted by atomic mass is 35.5. The molecule has 0 fully saturated rings. The number of hydrogen-bond acceptors (Lipinski definition) is 3. The summed E-state index contributed by atoms with van der Waals surface area (Å²) in [4.78, 5) is 23.7. The van der Waals surface area contributed by atoms with Gasteiger partial charge in [0.05, 0.1) is 5.02 Å². The number of nitrogens with zero attached hydrogens (tertiary/aromatic N) is 1. The van der Waals surface area contributed by atoms with Crippen LogP contribution >= 0.6 is 23.2 Å². The van der Waals surface area contributed by atoms with Gasteiger partial charge in [0.15, 0.2) is 12.4 Å². The lowest BCUT2D eigenvalue weighted by atomic mass is 10.2. The zero-order valence-electron chi connectivity index (χ0n) is 9.74. The molecule has 0 atom stereocenters. The molecule has 0 aliphatic carbocycles. The van der Waals surface area contributed by atoms with Gasteiger partial charge in [-0.3, -0.25) is 4.79 Å². The number of carboxylic acids is 1. The van der Waals surface area contributed by atoms with Gasteiger partial charge in [0.1, 0.15) is 5.56 Å². The molecule has 1 aromatic rings. The van der Waals surface area contributed by atoms with Crippen LogP contribution in [0, 0.1) is 0 Å². The molecular formula is C11H11Cl2NO4. The van der Waals surface area contributed by atoms with Gasteiger partial charge in [-0.1, -0.05) is 23.2 Å². The maximum Gasteiger partial charge on any atom is 0.339 e. The van der Waals surface area contributed by atoms with Crippen molar-refractivity contribution in [3.05, 3.63) is 27.7 Å². The Morgan fingerprint density at radius 1 is 1.33 bits per heavy atom. The number of benzene rings is 1. The van der Waals surface area contributed by atoms with Gasteiger partial charge in [0, 0.05) is 19.1 Å². The number of amides is 1. The van der Waals surface area contributed by atoms with Gasteiger partial charge in [-0.2, -0.15) is 0 Å². The van der Waals surface area contributed by atoms with E-state index in [4.69, 9.17) is 33.0 Å². The Hall–Kier alpha value is -1.46. The highest BCUT2D eigenvalue weighted by molar-refractivity contribution is 6.36. The molecule has 0 spiro atoms. The van der Waals surface area contributed by atoms with E-state index in [9.17, 15) is 9.59 Å². The highest BCUT2D eigenvalue weighted by Crippen LogP contribution is 2.32. The molecular weight excluding hydrogens is 281 g/mol. The number of halogens is 2. The number of carboxylic acid groups (broad SMARTS) is 1. The summed E-state index contributed by atoms with van der Waals surface area (Å²) in [5, 5.41) is 9.23. The second-order valence-corrected chi connectivity index (χ2v) is 4.49. The Balaban J connectivity index is 3.01. The minimum Gasteiger partial charge on any atom is -0.481 e. The fourth-order valence-corrected chi connectivity index (χ4v) is 1.68. The van der Waals surface area contributed by atoms with Crippen LogP contribution in [-0.2, 0) is 4.79 Å². The molecule has 1 amide bonds. The van der Waals surface area contributed by atoms with Crippen molar-refractivity contribution in [2.75, 3.05) is 20.7 Å². The number of carbonyl (C=O) groups excluding carboxylic acids is 1. The number of aromatic carboxylic acids is 1. The van der Waals surface area contributed by atoms with Crippen molar-refractivity contribution in [2.24, 2.45) is 0 Å². The molecule has 98 valence electrons. The highest BCUT2D eigenvalue weighted by Gasteiger charge is 2.18. The first-order valence-electron chi connectivity index (χ1n) is 4.88. The maximum absolute atomic E-state index is 11.4. The predicted octanol–water partition coefficient (Wildman–Crippen LogP) is 2.16. The van der Waals surface area contributed by atoms with Crippen molar-refractivity contribution in [3.8, 4) is 5.75 Å². The lowest BCUT2D eigenvalue weighted by Gasteiger charge is -2.14. The van der Waals surface area contributed by atoms with Crippen molar-refractivity contribution in [3.63, 3.8) is 0 Å². The maximum atomic E-state index is 11.4. The van der Waals surface area contributed by atoms with E-state index < -0.39 is 5.97 Å². The summed E-state index contributed by atoms with van der Waals surface area (Å²) in [5.74, 6) is -1.60. The van der Waals surface area contributed by atoms with Crippen LogP contribution in [0.3, 0.4) is 0 Å². The molecule has 1 aromatic carbocycles. The van der Waals surface area contributed by atoms with Crippen LogP contribution in [0.15, 0.2) is 12.1 Å². The van der Waals surface area contributed by atoms with Crippen molar-refractivity contribution < 1.29 is 19.4 Å². The van der Waals surface area contributed by atoms with E-state index in [1.807, 2.05) is 0 Å². The van der Waals surface area contributed by atoms with Crippen LogP contribution in [0.5, 0.6) is 5.75 Å². The molecule has 0 aliphatic rings. The van der Waals surface area contributed by atoms with Crippen molar-refractivity contribution in [2.45, 2.75) is 0 Å².